The highest BCUT2D eigenvalue weighted by Gasteiger charge is 2.51. The molecule has 0 spiro atoms. The lowest BCUT2D eigenvalue weighted by Gasteiger charge is -2.20. The van der Waals surface area contributed by atoms with E-state index in [4.69, 9.17) is 0 Å². The van der Waals surface area contributed by atoms with Gasteiger partial charge in [-0.2, -0.15) is 0 Å². The van der Waals surface area contributed by atoms with E-state index < -0.39 is 17.3 Å². The molecule has 4 nitrogen and oxygen atoms in total. The van der Waals surface area contributed by atoms with Crippen LogP contribution < -0.4 is 5.32 Å². The van der Waals surface area contributed by atoms with E-state index in [1.165, 1.54) is 0 Å². The lowest BCUT2D eigenvalue weighted by atomic mass is 9.91. The Kier molecular flexibility index (Phi) is 5.12. The Labute approximate surface area is 138 Å². The third-order valence-corrected chi connectivity index (χ3v) is 4.57. The maximum Gasteiger partial charge on any atom is 0.308 e. The molecule has 1 amide bonds. The molecule has 0 radical (unpaired) electrons. The fraction of sp³-hybridized carbons (Fsp3) is 0.579. The lowest BCUT2D eigenvalue weighted by Crippen LogP contribution is -2.39. The first-order valence-electron chi connectivity index (χ1n) is 8.34. The van der Waals surface area contributed by atoms with Crippen molar-refractivity contribution in [2.24, 2.45) is 11.8 Å². The van der Waals surface area contributed by atoms with E-state index in [2.05, 4.69) is 23.5 Å². The molecule has 1 aromatic rings. The summed E-state index contributed by atoms with van der Waals surface area (Å²) in [7, 11) is 0. The second kappa shape index (κ2) is 6.73. The molecule has 1 aromatic carbocycles. The van der Waals surface area contributed by atoms with Crippen LogP contribution in [0.25, 0.3) is 0 Å². The van der Waals surface area contributed by atoms with Gasteiger partial charge in [0, 0.05) is 6.54 Å². The van der Waals surface area contributed by atoms with Crippen LogP contribution in [0.1, 0.15) is 49.8 Å². The van der Waals surface area contributed by atoms with Crippen LogP contribution in [0.3, 0.4) is 0 Å². The number of carboxylic acids is 1. The van der Waals surface area contributed by atoms with Crippen LogP contribution in [-0.2, 0) is 15.0 Å². The van der Waals surface area contributed by atoms with Crippen molar-refractivity contribution in [2.45, 2.75) is 52.4 Å². The topological polar surface area (TPSA) is 66.4 Å². The first-order valence-corrected chi connectivity index (χ1v) is 8.34. The van der Waals surface area contributed by atoms with E-state index in [0.29, 0.717) is 12.3 Å². The van der Waals surface area contributed by atoms with Gasteiger partial charge in [0.05, 0.1) is 11.3 Å². The zero-order chi connectivity index (χ0) is 17.2. The second-order valence-corrected chi connectivity index (χ2v) is 7.33. The van der Waals surface area contributed by atoms with Gasteiger partial charge in [-0.15, -0.1) is 0 Å². The molecule has 0 saturated heterocycles. The summed E-state index contributed by atoms with van der Waals surface area (Å²) in [6.45, 7) is 8.27. The Morgan fingerprint density at radius 2 is 1.74 bits per heavy atom. The molecule has 1 aliphatic rings. The molecule has 1 unspecified atom stereocenters. The largest absolute Gasteiger partial charge is 0.481 e. The Morgan fingerprint density at radius 3 is 2.17 bits per heavy atom. The van der Waals surface area contributed by atoms with Crippen molar-refractivity contribution in [1.29, 1.82) is 0 Å². The average molecular weight is 317 g/mol. The quantitative estimate of drug-likeness (QED) is 0.811. The highest BCUT2D eigenvalue weighted by Crippen LogP contribution is 2.48. The molecule has 2 N–H and O–H groups in total. The highest BCUT2D eigenvalue weighted by molar-refractivity contribution is 5.91. The fourth-order valence-electron chi connectivity index (χ4n) is 3.25. The number of rotatable bonds is 7. The van der Waals surface area contributed by atoms with Gasteiger partial charge in [0.15, 0.2) is 0 Å². The summed E-state index contributed by atoms with van der Waals surface area (Å²) in [6.07, 6.45) is 2.25. The molecule has 1 saturated carbocycles. The summed E-state index contributed by atoms with van der Waals surface area (Å²) in [5.74, 6) is -1.09. The van der Waals surface area contributed by atoms with Crippen LogP contribution in [0.5, 0.6) is 0 Å². The van der Waals surface area contributed by atoms with E-state index in [0.717, 1.165) is 29.5 Å². The SMILES string of the molecule is Cc1cc(C)cc(C2(C(=O)NCC(CC(C)C)C(=O)O)CC2)c1. The van der Waals surface area contributed by atoms with Gasteiger partial charge in [0.2, 0.25) is 5.91 Å². The number of aliphatic carboxylic acids is 1. The molecule has 23 heavy (non-hydrogen) atoms. The Hall–Kier alpha value is -1.84. The van der Waals surface area contributed by atoms with Crippen LogP contribution in [0.2, 0.25) is 0 Å². The number of hydrogen-bond donors (Lipinski definition) is 2. The van der Waals surface area contributed by atoms with Gasteiger partial charge in [0.25, 0.3) is 0 Å². The predicted octanol–water partition coefficient (Wildman–Crippen LogP) is 3.20. The van der Waals surface area contributed by atoms with Gasteiger partial charge in [-0.1, -0.05) is 43.2 Å². The number of carbonyl (C=O) groups excluding carboxylic acids is 1. The first kappa shape index (κ1) is 17.5. The first-order chi connectivity index (χ1) is 10.7. The summed E-state index contributed by atoms with van der Waals surface area (Å²) >= 11 is 0. The van der Waals surface area contributed by atoms with Gasteiger partial charge >= 0.3 is 5.97 Å². The molecular formula is C19H27NO3. The van der Waals surface area contributed by atoms with E-state index in [-0.39, 0.29) is 12.5 Å². The van der Waals surface area contributed by atoms with E-state index in [1.807, 2.05) is 27.7 Å². The van der Waals surface area contributed by atoms with Crippen LogP contribution >= 0.6 is 0 Å². The zero-order valence-electron chi connectivity index (χ0n) is 14.5. The van der Waals surface area contributed by atoms with Gasteiger partial charge < -0.3 is 10.4 Å². The predicted molar refractivity (Wildman–Crippen MR) is 90.4 cm³/mol. The van der Waals surface area contributed by atoms with Crippen molar-refractivity contribution in [3.63, 3.8) is 0 Å². The minimum atomic E-state index is -0.838. The number of carboxylic acid groups (broad SMARTS) is 1. The minimum Gasteiger partial charge on any atom is -0.481 e. The molecule has 0 aromatic heterocycles. The lowest BCUT2D eigenvalue weighted by molar-refractivity contribution is -0.142. The number of amides is 1. The van der Waals surface area contributed by atoms with Gasteiger partial charge in [0.1, 0.15) is 0 Å². The van der Waals surface area contributed by atoms with Crippen molar-refractivity contribution in [3.05, 3.63) is 34.9 Å². The normalized spacial score (nSPS) is 16.9. The van der Waals surface area contributed by atoms with Gasteiger partial charge in [-0.05, 0) is 44.6 Å². The Morgan fingerprint density at radius 1 is 1.17 bits per heavy atom. The van der Waals surface area contributed by atoms with Crippen molar-refractivity contribution in [1.82, 2.24) is 5.32 Å². The average Bonchev–Trinajstić information content (AvgIpc) is 3.23. The third kappa shape index (κ3) is 4.12. The van der Waals surface area contributed by atoms with Crippen LogP contribution in [0.4, 0.5) is 0 Å². The van der Waals surface area contributed by atoms with Gasteiger partial charge in [-0.25, -0.2) is 0 Å². The van der Waals surface area contributed by atoms with E-state index >= 15 is 0 Å². The number of nitrogens with one attached hydrogen (secondary N) is 1. The van der Waals surface area contributed by atoms with Crippen LogP contribution in [-0.4, -0.2) is 23.5 Å². The standard InChI is InChI=1S/C19H27NO3/c1-12(2)7-15(17(21)22)11-20-18(23)19(5-6-19)16-9-13(3)8-14(4)10-16/h8-10,12,15H,5-7,11H2,1-4H3,(H,20,23)(H,21,22). The molecule has 4 heteroatoms. The highest BCUT2D eigenvalue weighted by atomic mass is 16.4. The fourth-order valence-corrected chi connectivity index (χ4v) is 3.25. The third-order valence-electron chi connectivity index (χ3n) is 4.57. The van der Waals surface area contributed by atoms with E-state index in [1.54, 1.807) is 0 Å². The minimum absolute atomic E-state index is 0.0301. The molecule has 1 atom stereocenters. The Bertz CT molecular complexity index is 582. The number of benzene rings is 1. The molecule has 1 aliphatic carbocycles. The Balaban J connectivity index is 2.06. The monoisotopic (exact) mass is 317 g/mol. The summed E-state index contributed by atoms with van der Waals surface area (Å²) in [6, 6.07) is 6.24. The molecule has 0 heterocycles. The summed E-state index contributed by atoms with van der Waals surface area (Å²) in [5.41, 5.74) is 2.92. The van der Waals surface area contributed by atoms with Crippen molar-refractivity contribution in [3.8, 4) is 0 Å². The van der Waals surface area contributed by atoms with Crippen molar-refractivity contribution < 1.29 is 14.7 Å². The molecule has 0 bridgehead atoms. The number of hydrogen-bond acceptors (Lipinski definition) is 2. The molecule has 0 aliphatic heterocycles. The van der Waals surface area contributed by atoms with Crippen LogP contribution in [0.15, 0.2) is 18.2 Å². The molecular weight excluding hydrogens is 290 g/mol. The maximum absolute atomic E-state index is 12.7. The second-order valence-electron chi connectivity index (χ2n) is 7.33. The van der Waals surface area contributed by atoms with Gasteiger partial charge in [-0.3, -0.25) is 9.59 Å². The van der Waals surface area contributed by atoms with Crippen LogP contribution in [0, 0.1) is 25.7 Å². The molecule has 1 fully saturated rings. The van der Waals surface area contributed by atoms with Crippen molar-refractivity contribution >= 4 is 11.9 Å². The zero-order valence-corrected chi connectivity index (χ0v) is 14.5. The summed E-state index contributed by atoms with van der Waals surface area (Å²) in [5, 5.41) is 12.2. The van der Waals surface area contributed by atoms with Crippen molar-refractivity contribution in [2.75, 3.05) is 6.54 Å². The van der Waals surface area contributed by atoms with E-state index in [9.17, 15) is 14.7 Å². The summed E-state index contributed by atoms with van der Waals surface area (Å²) < 4.78 is 0. The smallest absolute Gasteiger partial charge is 0.308 e. The number of aryl methyl sites for hydroxylation is 2. The molecule has 2 rings (SSSR count). The maximum atomic E-state index is 12.7. The summed E-state index contributed by atoms with van der Waals surface area (Å²) in [4.78, 5) is 24.0. The number of carbonyl (C=O) groups is 2. The molecule has 126 valence electrons.